The van der Waals surface area contributed by atoms with Crippen molar-refractivity contribution in [2.75, 3.05) is 0 Å². The number of nitrogens with one attached hydrogen (secondary N) is 1. The van der Waals surface area contributed by atoms with Gasteiger partial charge in [0.25, 0.3) is 0 Å². The number of nitriles is 2. The Labute approximate surface area is 147 Å². The van der Waals surface area contributed by atoms with Crippen molar-refractivity contribution in [1.29, 1.82) is 10.5 Å². The molecule has 1 aromatic heterocycles. The van der Waals surface area contributed by atoms with Gasteiger partial charge in [-0.25, -0.2) is 4.99 Å². The van der Waals surface area contributed by atoms with E-state index in [1.807, 2.05) is 35.9 Å². The Morgan fingerprint density at radius 3 is 2.84 bits per heavy atom. The number of fused-ring (bicyclic) bond motifs is 2. The summed E-state index contributed by atoms with van der Waals surface area (Å²) < 4.78 is 2.00. The minimum absolute atomic E-state index is 0.230. The van der Waals surface area contributed by atoms with Crippen LogP contribution in [0.2, 0.25) is 0 Å². The molecule has 1 aliphatic heterocycles. The van der Waals surface area contributed by atoms with Crippen LogP contribution in [0.3, 0.4) is 0 Å². The molecule has 1 N–H and O–H groups in total. The number of para-hydroxylation sites is 1. The Balaban J connectivity index is 1.76. The predicted molar refractivity (Wildman–Crippen MR) is 95.3 cm³/mol. The van der Waals surface area contributed by atoms with Crippen LogP contribution in [-0.4, -0.2) is 10.4 Å². The maximum Gasteiger partial charge on any atom is 0.182 e. The van der Waals surface area contributed by atoms with E-state index < -0.39 is 0 Å². The van der Waals surface area contributed by atoms with Gasteiger partial charge in [-0.05, 0) is 43.0 Å². The molecule has 0 radical (unpaired) electrons. The van der Waals surface area contributed by atoms with Gasteiger partial charge in [0.1, 0.15) is 17.6 Å². The van der Waals surface area contributed by atoms with Crippen LogP contribution in [0.15, 0.2) is 41.4 Å². The maximum absolute atomic E-state index is 9.24. The van der Waals surface area contributed by atoms with E-state index in [9.17, 15) is 10.5 Å². The molecule has 1 saturated carbocycles. The molecule has 0 saturated heterocycles. The van der Waals surface area contributed by atoms with E-state index >= 15 is 0 Å². The van der Waals surface area contributed by atoms with Crippen molar-refractivity contribution in [2.45, 2.75) is 37.0 Å². The smallest absolute Gasteiger partial charge is 0.182 e. The minimum Gasteiger partial charge on any atom is -0.339 e. The first-order chi connectivity index (χ1) is 12.2. The highest BCUT2D eigenvalue weighted by Gasteiger charge is 2.47. The van der Waals surface area contributed by atoms with Gasteiger partial charge in [0, 0.05) is 18.7 Å². The molecule has 25 heavy (non-hydrogen) atoms. The van der Waals surface area contributed by atoms with Gasteiger partial charge in [-0.2, -0.15) is 10.5 Å². The van der Waals surface area contributed by atoms with Crippen LogP contribution < -0.4 is 5.32 Å². The fraction of sp³-hybridized carbons (Fsp3) is 0.350. The van der Waals surface area contributed by atoms with E-state index in [1.54, 1.807) is 0 Å². The molecule has 2 atom stereocenters. The summed E-state index contributed by atoms with van der Waals surface area (Å²) in [5.74, 6) is 1.12. The van der Waals surface area contributed by atoms with Gasteiger partial charge in [0.15, 0.2) is 6.19 Å². The zero-order valence-corrected chi connectivity index (χ0v) is 14.2. The molecule has 4 rings (SSSR count). The molecule has 1 aliphatic carbocycles. The van der Waals surface area contributed by atoms with Crippen LogP contribution in [0.25, 0.3) is 0 Å². The van der Waals surface area contributed by atoms with E-state index in [-0.39, 0.29) is 5.41 Å². The molecule has 1 spiro atoms. The molecule has 2 unspecified atom stereocenters. The van der Waals surface area contributed by atoms with Gasteiger partial charge >= 0.3 is 0 Å². The third-order valence-electron chi connectivity index (χ3n) is 5.72. The molecule has 5 heteroatoms. The monoisotopic (exact) mass is 329 g/mol. The minimum atomic E-state index is -0.230. The molecule has 1 aromatic carbocycles. The van der Waals surface area contributed by atoms with E-state index in [2.05, 4.69) is 29.7 Å². The van der Waals surface area contributed by atoms with Crippen LogP contribution in [0.1, 0.15) is 48.6 Å². The largest absolute Gasteiger partial charge is 0.339 e. The first-order valence-corrected chi connectivity index (χ1v) is 8.59. The van der Waals surface area contributed by atoms with Crippen LogP contribution in [0.4, 0.5) is 5.69 Å². The van der Waals surface area contributed by atoms with E-state index in [1.165, 1.54) is 11.3 Å². The number of aromatic nitrogens is 1. The molecule has 1 fully saturated rings. The highest BCUT2D eigenvalue weighted by atomic mass is 15.0. The Morgan fingerprint density at radius 2 is 2.08 bits per heavy atom. The Hall–Kier alpha value is -3.05. The lowest BCUT2D eigenvalue weighted by atomic mass is 9.65. The van der Waals surface area contributed by atoms with E-state index in [0.717, 1.165) is 37.2 Å². The van der Waals surface area contributed by atoms with Crippen molar-refractivity contribution >= 4 is 11.5 Å². The lowest BCUT2D eigenvalue weighted by Gasteiger charge is -2.39. The number of amidine groups is 1. The summed E-state index contributed by atoms with van der Waals surface area (Å²) in [4.78, 5) is 4.71. The summed E-state index contributed by atoms with van der Waals surface area (Å²) in [6.07, 6.45) is 6.12. The summed E-state index contributed by atoms with van der Waals surface area (Å²) in [6, 6.07) is 14.4. The number of nitrogens with zero attached hydrogens (tertiary/aromatic N) is 4. The van der Waals surface area contributed by atoms with Crippen LogP contribution in [0, 0.1) is 22.8 Å². The van der Waals surface area contributed by atoms with Gasteiger partial charge in [-0.15, -0.1) is 0 Å². The highest BCUT2D eigenvalue weighted by molar-refractivity contribution is 6.01. The van der Waals surface area contributed by atoms with Crippen LogP contribution in [-0.2, 0) is 12.5 Å². The SMILES string of the molecule is Cn1c(C#N)ccc1C1CCCC2(C1)C(NC#N)=Nc1ccccc12. The molecule has 124 valence electrons. The third-order valence-corrected chi connectivity index (χ3v) is 5.72. The molecule has 5 nitrogen and oxygen atoms in total. The molecule has 0 bridgehead atoms. The van der Waals surface area contributed by atoms with Crippen molar-refractivity contribution < 1.29 is 0 Å². The first kappa shape index (κ1) is 15.5. The summed E-state index contributed by atoms with van der Waals surface area (Å²) >= 11 is 0. The second-order valence-corrected chi connectivity index (χ2v) is 6.90. The predicted octanol–water partition coefficient (Wildman–Crippen LogP) is 3.61. The third kappa shape index (κ3) is 2.24. The number of hydrogen-bond donors (Lipinski definition) is 1. The van der Waals surface area contributed by atoms with E-state index in [4.69, 9.17) is 4.99 Å². The molecular formula is C20H19N5. The van der Waals surface area contributed by atoms with Crippen molar-refractivity contribution in [3.8, 4) is 12.3 Å². The Kier molecular flexibility index (Phi) is 3.58. The number of aliphatic imine (C=N–C) groups is 1. The lowest BCUT2D eigenvalue weighted by Crippen LogP contribution is -2.43. The zero-order chi connectivity index (χ0) is 17.4. The lowest BCUT2D eigenvalue weighted by molar-refractivity contribution is 0.333. The fourth-order valence-electron chi connectivity index (χ4n) is 4.57. The molecular weight excluding hydrogens is 310 g/mol. The van der Waals surface area contributed by atoms with E-state index in [0.29, 0.717) is 11.6 Å². The Bertz CT molecular complexity index is 940. The molecule has 2 aromatic rings. The first-order valence-electron chi connectivity index (χ1n) is 8.59. The van der Waals surface area contributed by atoms with Crippen molar-refractivity contribution in [3.63, 3.8) is 0 Å². The van der Waals surface area contributed by atoms with Crippen molar-refractivity contribution in [1.82, 2.24) is 9.88 Å². The van der Waals surface area contributed by atoms with Gasteiger partial charge in [0.2, 0.25) is 0 Å². The van der Waals surface area contributed by atoms with Gasteiger partial charge in [-0.1, -0.05) is 24.6 Å². The van der Waals surface area contributed by atoms with Gasteiger partial charge < -0.3 is 4.57 Å². The topological polar surface area (TPSA) is 76.9 Å². The summed E-state index contributed by atoms with van der Waals surface area (Å²) in [5, 5.41) is 21.3. The fourth-order valence-corrected chi connectivity index (χ4v) is 4.57. The van der Waals surface area contributed by atoms with Crippen molar-refractivity contribution in [3.05, 3.63) is 53.3 Å². The molecule has 2 heterocycles. The standard InChI is InChI=1S/C20H19N5/c1-25-15(12-21)8-9-18(25)14-5-4-10-20(11-14)16-6-2-3-7-17(16)24-19(20)23-13-22/h2-3,6-9,14H,4-5,10-11H2,1H3,(H,23,24). The maximum atomic E-state index is 9.24. The van der Waals surface area contributed by atoms with Gasteiger partial charge in [0.05, 0.1) is 11.1 Å². The van der Waals surface area contributed by atoms with Gasteiger partial charge in [-0.3, -0.25) is 5.32 Å². The van der Waals surface area contributed by atoms with Crippen LogP contribution >= 0.6 is 0 Å². The molecule has 2 aliphatic rings. The number of hydrogen-bond acceptors (Lipinski definition) is 4. The quantitative estimate of drug-likeness (QED) is 0.641. The second-order valence-electron chi connectivity index (χ2n) is 6.90. The summed E-state index contributed by atoms with van der Waals surface area (Å²) in [5.41, 5.74) is 3.83. The highest BCUT2D eigenvalue weighted by Crippen LogP contribution is 2.52. The average Bonchev–Trinajstić information content (AvgIpc) is 3.15. The normalized spacial score (nSPS) is 24.3. The number of rotatable bonds is 1. The Morgan fingerprint density at radius 1 is 1.24 bits per heavy atom. The van der Waals surface area contributed by atoms with Crippen molar-refractivity contribution in [2.24, 2.45) is 12.0 Å². The number of benzene rings is 1. The van der Waals surface area contributed by atoms with Crippen LogP contribution in [0.5, 0.6) is 0 Å². The second kappa shape index (κ2) is 5.79. The summed E-state index contributed by atoms with van der Waals surface area (Å²) in [7, 11) is 1.96. The molecule has 0 amide bonds. The average molecular weight is 329 g/mol. The summed E-state index contributed by atoms with van der Waals surface area (Å²) in [6.45, 7) is 0. The zero-order valence-electron chi connectivity index (χ0n) is 14.2.